The van der Waals surface area contributed by atoms with Gasteiger partial charge in [0, 0.05) is 31.7 Å². The van der Waals surface area contributed by atoms with Crippen LogP contribution >= 0.6 is 0 Å². The van der Waals surface area contributed by atoms with E-state index in [1.807, 2.05) is 0 Å². The zero-order valence-electron chi connectivity index (χ0n) is 16.3. The van der Waals surface area contributed by atoms with Crippen LogP contribution in [0, 0.1) is 17.8 Å². The van der Waals surface area contributed by atoms with E-state index < -0.39 is 5.97 Å². The van der Waals surface area contributed by atoms with Gasteiger partial charge in [0.05, 0.1) is 18.1 Å². The van der Waals surface area contributed by atoms with E-state index in [0.717, 1.165) is 76.7 Å². The molecule has 4 aliphatic rings. The maximum absolute atomic E-state index is 11.1. The first kappa shape index (κ1) is 18.7. The van der Waals surface area contributed by atoms with Crippen LogP contribution in [0.25, 0.3) is 0 Å². The van der Waals surface area contributed by atoms with E-state index >= 15 is 0 Å². The lowest BCUT2D eigenvalue weighted by Gasteiger charge is -2.40. The number of ether oxygens (including phenoxy) is 1. The summed E-state index contributed by atoms with van der Waals surface area (Å²) in [5.41, 5.74) is 0.131. The number of carbonyl (C=O) groups is 1. The molecule has 5 nitrogen and oxygen atoms in total. The van der Waals surface area contributed by atoms with Gasteiger partial charge in [0.15, 0.2) is 0 Å². The van der Waals surface area contributed by atoms with Crippen LogP contribution in [0.5, 0.6) is 0 Å². The summed E-state index contributed by atoms with van der Waals surface area (Å²) < 4.78 is 6.32. The number of aliphatic carboxylic acids is 1. The smallest absolute Gasteiger partial charge is 0.306 e. The molecular weight excluding hydrogens is 328 g/mol. The highest BCUT2D eigenvalue weighted by Gasteiger charge is 2.45. The number of piperidine rings is 1. The van der Waals surface area contributed by atoms with Crippen molar-refractivity contribution in [1.82, 2.24) is 10.2 Å². The van der Waals surface area contributed by atoms with Crippen molar-refractivity contribution in [1.29, 1.82) is 0 Å². The molecule has 2 saturated carbocycles. The summed E-state index contributed by atoms with van der Waals surface area (Å²) in [5.74, 6) is 0.913. The Balaban J connectivity index is 1.17. The number of carboxylic acid groups (broad SMARTS) is 1. The predicted octanol–water partition coefficient (Wildman–Crippen LogP) is 2.89. The molecule has 2 heterocycles. The fourth-order valence-electron chi connectivity index (χ4n) is 5.61. The fraction of sp³-hybridized carbons (Fsp3) is 0.952. The van der Waals surface area contributed by atoms with Gasteiger partial charge in [-0.1, -0.05) is 13.3 Å². The van der Waals surface area contributed by atoms with Crippen LogP contribution in [0.15, 0.2) is 0 Å². The molecule has 3 atom stereocenters. The maximum Gasteiger partial charge on any atom is 0.306 e. The van der Waals surface area contributed by atoms with Crippen LogP contribution in [0.2, 0.25) is 0 Å². The summed E-state index contributed by atoms with van der Waals surface area (Å²) in [7, 11) is 0. The fourth-order valence-corrected chi connectivity index (χ4v) is 5.61. The number of rotatable bonds is 6. The largest absolute Gasteiger partial charge is 0.481 e. The van der Waals surface area contributed by atoms with Crippen molar-refractivity contribution in [2.45, 2.75) is 82.4 Å². The van der Waals surface area contributed by atoms with Gasteiger partial charge in [0.1, 0.15) is 0 Å². The number of hydrogen-bond donors (Lipinski definition) is 2. The summed E-state index contributed by atoms with van der Waals surface area (Å²) in [6.07, 6.45) is 10.1. The molecular formula is C21H36N2O3. The molecule has 0 bridgehead atoms. The van der Waals surface area contributed by atoms with Crippen molar-refractivity contribution >= 4 is 5.97 Å². The first-order valence-electron chi connectivity index (χ1n) is 10.9. The van der Waals surface area contributed by atoms with Crippen molar-refractivity contribution in [2.75, 3.05) is 26.2 Å². The van der Waals surface area contributed by atoms with Gasteiger partial charge >= 0.3 is 5.97 Å². The molecule has 26 heavy (non-hydrogen) atoms. The molecule has 2 saturated heterocycles. The van der Waals surface area contributed by atoms with E-state index in [4.69, 9.17) is 9.84 Å². The average Bonchev–Trinajstić information content (AvgIpc) is 3.29. The molecule has 0 aromatic rings. The van der Waals surface area contributed by atoms with Crippen LogP contribution in [0.4, 0.5) is 0 Å². The Morgan fingerprint density at radius 2 is 1.96 bits per heavy atom. The molecule has 4 rings (SSSR count). The number of hydrogen-bond acceptors (Lipinski definition) is 4. The Kier molecular flexibility index (Phi) is 5.58. The van der Waals surface area contributed by atoms with Gasteiger partial charge in [-0.25, -0.2) is 0 Å². The van der Waals surface area contributed by atoms with E-state index in [1.165, 1.54) is 19.3 Å². The zero-order valence-corrected chi connectivity index (χ0v) is 16.3. The Hall–Kier alpha value is -0.650. The van der Waals surface area contributed by atoms with Crippen LogP contribution in [-0.4, -0.2) is 59.9 Å². The minimum absolute atomic E-state index is 0.0917. The van der Waals surface area contributed by atoms with Crippen molar-refractivity contribution in [3.63, 3.8) is 0 Å². The summed E-state index contributed by atoms with van der Waals surface area (Å²) >= 11 is 0. The summed E-state index contributed by atoms with van der Waals surface area (Å²) in [4.78, 5) is 13.7. The normalized spacial score (nSPS) is 40.0. The average molecular weight is 365 g/mol. The second-order valence-electron chi connectivity index (χ2n) is 9.43. The molecule has 1 unspecified atom stereocenters. The Morgan fingerprint density at radius 1 is 1.23 bits per heavy atom. The van der Waals surface area contributed by atoms with Crippen LogP contribution in [0.1, 0.15) is 64.7 Å². The summed E-state index contributed by atoms with van der Waals surface area (Å²) in [5, 5.41) is 13.0. The highest BCUT2D eigenvalue weighted by molar-refractivity contribution is 5.69. The molecule has 2 N–H and O–H groups in total. The number of nitrogens with one attached hydrogen (secondary N) is 1. The molecule has 5 heteroatoms. The highest BCUT2D eigenvalue weighted by atomic mass is 16.5. The molecule has 148 valence electrons. The van der Waals surface area contributed by atoms with Crippen molar-refractivity contribution in [2.24, 2.45) is 17.8 Å². The van der Waals surface area contributed by atoms with E-state index in [0.29, 0.717) is 12.0 Å². The molecule has 0 aromatic heterocycles. The van der Waals surface area contributed by atoms with E-state index in [2.05, 4.69) is 17.1 Å². The molecule has 1 spiro atoms. The number of nitrogens with zero attached hydrogens (tertiary/aromatic N) is 1. The zero-order chi connectivity index (χ0) is 18.1. The van der Waals surface area contributed by atoms with Gasteiger partial charge in [-0.3, -0.25) is 4.79 Å². The summed E-state index contributed by atoms with van der Waals surface area (Å²) in [6, 6.07) is 1.32. The number of likely N-dealkylation sites (tertiary alicyclic amines) is 1. The molecule has 0 radical (unpaired) electrons. The number of carboxylic acids is 1. The van der Waals surface area contributed by atoms with Gasteiger partial charge in [0.25, 0.3) is 0 Å². The lowest BCUT2D eigenvalue weighted by Crippen LogP contribution is -2.46. The molecule has 0 aromatic carbocycles. The van der Waals surface area contributed by atoms with Crippen molar-refractivity contribution in [3.05, 3.63) is 0 Å². The van der Waals surface area contributed by atoms with Gasteiger partial charge in [0.2, 0.25) is 0 Å². The monoisotopic (exact) mass is 364 g/mol. The van der Waals surface area contributed by atoms with Gasteiger partial charge in [-0.15, -0.1) is 0 Å². The molecule has 4 fully saturated rings. The van der Waals surface area contributed by atoms with Crippen molar-refractivity contribution in [3.8, 4) is 0 Å². The lowest BCUT2D eigenvalue weighted by atomic mass is 9.81. The van der Waals surface area contributed by atoms with Crippen LogP contribution in [-0.2, 0) is 9.53 Å². The van der Waals surface area contributed by atoms with Gasteiger partial charge in [-0.05, 0) is 63.2 Å². The molecule has 2 aliphatic carbocycles. The molecule has 0 amide bonds. The summed E-state index contributed by atoms with van der Waals surface area (Å²) in [6.45, 7) is 6.64. The third-order valence-electron chi connectivity index (χ3n) is 7.59. The first-order valence-corrected chi connectivity index (χ1v) is 10.9. The second-order valence-corrected chi connectivity index (χ2v) is 9.43. The highest BCUT2D eigenvalue weighted by Crippen LogP contribution is 2.39. The minimum Gasteiger partial charge on any atom is -0.481 e. The van der Waals surface area contributed by atoms with Gasteiger partial charge in [-0.2, -0.15) is 0 Å². The third-order valence-corrected chi connectivity index (χ3v) is 7.59. The van der Waals surface area contributed by atoms with Crippen molar-refractivity contribution < 1.29 is 14.6 Å². The quantitative estimate of drug-likeness (QED) is 0.759. The standard InChI is InChI=1S/C21H36N2O3/c1-2-16-11-19(16)22-18-12-21(26-14-18)7-9-23(10-8-21)13-15-3-5-17(6-4-15)20(24)25/h15-19,22H,2-14H2,1H3,(H,24,25)/t15-,16-,17-,18?,19-/m1/s1. The topological polar surface area (TPSA) is 61.8 Å². The van der Waals surface area contributed by atoms with Crippen LogP contribution in [0.3, 0.4) is 0 Å². The maximum atomic E-state index is 11.1. The van der Waals surface area contributed by atoms with Crippen LogP contribution < -0.4 is 5.32 Å². The van der Waals surface area contributed by atoms with Gasteiger partial charge < -0.3 is 20.1 Å². The Labute approximate surface area is 157 Å². The predicted molar refractivity (Wildman–Crippen MR) is 101 cm³/mol. The minimum atomic E-state index is -0.596. The van der Waals surface area contributed by atoms with E-state index in [9.17, 15) is 4.79 Å². The third kappa shape index (κ3) is 4.26. The van der Waals surface area contributed by atoms with E-state index in [1.54, 1.807) is 0 Å². The lowest BCUT2D eigenvalue weighted by molar-refractivity contribution is -0.143. The SMILES string of the molecule is CC[C@@H]1C[C@H]1NC1COC2(CCN(C[C@H]3CC[C@H](C(=O)O)CC3)CC2)C1. The van der Waals surface area contributed by atoms with E-state index in [-0.39, 0.29) is 11.5 Å². The first-order chi connectivity index (χ1) is 12.6. The molecule has 2 aliphatic heterocycles. The second kappa shape index (κ2) is 7.76. The Bertz CT molecular complexity index is 495. The Morgan fingerprint density at radius 3 is 2.58 bits per heavy atom.